The maximum atomic E-state index is 13.1. The lowest BCUT2D eigenvalue weighted by Gasteiger charge is -2.10. The van der Waals surface area contributed by atoms with Crippen LogP contribution in [0.1, 0.15) is 11.4 Å². The molecule has 0 saturated heterocycles. The highest BCUT2D eigenvalue weighted by atomic mass is 19.1. The molecule has 0 aliphatic carbocycles. The molecule has 0 bridgehead atoms. The number of hydrogen-bond donors (Lipinski definition) is 1. The van der Waals surface area contributed by atoms with E-state index in [1.165, 1.54) is 12.1 Å². The number of H-pyrrole nitrogens is 1. The third-order valence-corrected chi connectivity index (χ3v) is 4.93. The SMILES string of the molecule is Fc1ccc(OCc2nc3c(cc(OCc4ccccc4)c4ccccc43)[nH]2)cc1. The number of aromatic nitrogens is 2. The predicted molar refractivity (Wildman–Crippen MR) is 115 cm³/mol. The van der Waals surface area contributed by atoms with Crippen LogP contribution < -0.4 is 9.47 Å². The van der Waals surface area contributed by atoms with E-state index < -0.39 is 0 Å². The van der Waals surface area contributed by atoms with E-state index in [1.54, 1.807) is 12.1 Å². The quantitative estimate of drug-likeness (QED) is 0.381. The molecule has 1 aromatic heterocycles. The Morgan fingerprint density at radius 1 is 0.767 bits per heavy atom. The van der Waals surface area contributed by atoms with Crippen LogP contribution in [0.3, 0.4) is 0 Å². The molecule has 0 amide bonds. The first-order valence-corrected chi connectivity index (χ1v) is 9.72. The standard InChI is InChI=1S/C25H19FN2O2/c26-18-10-12-19(13-11-18)29-16-24-27-22-14-23(30-15-17-6-2-1-3-7-17)20-8-4-5-9-21(20)25(22)28-24/h1-14H,15-16H2,(H,27,28). The van der Waals surface area contributed by atoms with Crippen molar-refractivity contribution in [1.29, 1.82) is 0 Å². The first kappa shape index (κ1) is 18.2. The molecule has 0 spiro atoms. The van der Waals surface area contributed by atoms with Gasteiger partial charge in [0.05, 0.1) is 11.0 Å². The second kappa shape index (κ2) is 7.87. The summed E-state index contributed by atoms with van der Waals surface area (Å²) in [6.07, 6.45) is 0. The Morgan fingerprint density at radius 2 is 1.50 bits per heavy atom. The average molecular weight is 398 g/mol. The minimum Gasteiger partial charge on any atom is -0.488 e. The zero-order chi connectivity index (χ0) is 20.3. The summed E-state index contributed by atoms with van der Waals surface area (Å²) in [6, 6.07) is 26.1. The number of aromatic amines is 1. The second-order valence-corrected chi connectivity index (χ2v) is 7.02. The molecule has 1 N–H and O–H groups in total. The molecule has 0 radical (unpaired) electrons. The van der Waals surface area contributed by atoms with Crippen LogP contribution in [0.5, 0.6) is 11.5 Å². The molecule has 4 nitrogen and oxygen atoms in total. The average Bonchev–Trinajstić information content (AvgIpc) is 3.21. The third-order valence-electron chi connectivity index (χ3n) is 4.93. The van der Waals surface area contributed by atoms with Crippen molar-refractivity contribution in [2.45, 2.75) is 13.2 Å². The van der Waals surface area contributed by atoms with Crippen molar-refractivity contribution < 1.29 is 13.9 Å². The van der Waals surface area contributed by atoms with Gasteiger partial charge in [-0.15, -0.1) is 0 Å². The van der Waals surface area contributed by atoms with Crippen molar-refractivity contribution in [1.82, 2.24) is 9.97 Å². The van der Waals surface area contributed by atoms with Gasteiger partial charge in [-0.25, -0.2) is 9.37 Å². The molecule has 0 aliphatic rings. The molecule has 0 unspecified atom stereocenters. The number of fused-ring (bicyclic) bond motifs is 3. The lowest BCUT2D eigenvalue weighted by molar-refractivity contribution is 0.297. The Labute approximate surface area is 172 Å². The maximum absolute atomic E-state index is 13.1. The molecule has 148 valence electrons. The van der Waals surface area contributed by atoms with Gasteiger partial charge in [0.2, 0.25) is 0 Å². The molecule has 5 rings (SSSR count). The van der Waals surface area contributed by atoms with Crippen molar-refractivity contribution in [2.24, 2.45) is 0 Å². The Bertz CT molecular complexity index is 1300. The normalized spacial score (nSPS) is 11.1. The molecule has 0 saturated carbocycles. The van der Waals surface area contributed by atoms with Gasteiger partial charge in [0, 0.05) is 16.8 Å². The van der Waals surface area contributed by atoms with Gasteiger partial charge in [-0.05, 0) is 29.8 Å². The van der Waals surface area contributed by atoms with E-state index in [0.29, 0.717) is 18.2 Å². The van der Waals surface area contributed by atoms with Gasteiger partial charge in [-0.3, -0.25) is 0 Å². The number of nitrogens with one attached hydrogen (secondary N) is 1. The zero-order valence-corrected chi connectivity index (χ0v) is 16.1. The number of benzene rings is 4. The van der Waals surface area contributed by atoms with E-state index in [9.17, 15) is 4.39 Å². The summed E-state index contributed by atoms with van der Waals surface area (Å²) in [4.78, 5) is 8.04. The van der Waals surface area contributed by atoms with Crippen molar-refractivity contribution >= 4 is 21.8 Å². The maximum Gasteiger partial charge on any atom is 0.146 e. The fourth-order valence-corrected chi connectivity index (χ4v) is 3.47. The highest BCUT2D eigenvalue weighted by Gasteiger charge is 2.12. The lowest BCUT2D eigenvalue weighted by atomic mass is 10.1. The lowest BCUT2D eigenvalue weighted by Crippen LogP contribution is -1.97. The first-order chi connectivity index (χ1) is 14.8. The van der Waals surface area contributed by atoms with Gasteiger partial charge >= 0.3 is 0 Å². The Kier molecular flexibility index (Phi) is 4.77. The highest BCUT2D eigenvalue weighted by Crippen LogP contribution is 2.33. The third kappa shape index (κ3) is 3.70. The predicted octanol–water partition coefficient (Wildman–Crippen LogP) is 6.01. The summed E-state index contributed by atoms with van der Waals surface area (Å²) >= 11 is 0. The monoisotopic (exact) mass is 398 g/mol. The number of halogens is 1. The molecule has 0 atom stereocenters. The van der Waals surface area contributed by atoms with Crippen LogP contribution in [0.4, 0.5) is 4.39 Å². The number of imidazole rings is 1. The van der Waals surface area contributed by atoms with Gasteiger partial charge in [0.1, 0.15) is 36.4 Å². The summed E-state index contributed by atoms with van der Waals surface area (Å²) in [6.45, 7) is 0.750. The first-order valence-electron chi connectivity index (χ1n) is 9.72. The summed E-state index contributed by atoms with van der Waals surface area (Å²) in [5.41, 5.74) is 2.87. The van der Waals surface area contributed by atoms with Crippen molar-refractivity contribution in [3.63, 3.8) is 0 Å². The topological polar surface area (TPSA) is 47.1 Å². The minimum absolute atomic E-state index is 0.259. The second-order valence-electron chi connectivity index (χ2n) is 7.02. The number of rotatable bonds is 6. The molecule has 1 heterocycles. The van der Waals surface area contributed by atoms with Crippen molar-refractivity contribution in [3.05, 3.63) is 102 Å². The summed E-state index contributed by atoms with van der Waals surface area (Å²) < 4.78 is 24.9. The molecule has 30 heavy (non-hydrogen) atoms. The van der Waals surface area contributed by atoms with Crippen LogP contribution in [0.2, 0.25) is 0 Å². The molecule has 4 aromatic carbocycles. The van der Waals surface area contributed by atoms with E-state index in [2.05, 4.69) is 4.98 Å². The van der Waals surface area contributed by atoms with E-state index >= 15 is 0 Å². The molecule has 0 fully saturated rings. The van der Waals surface area contributed by atoms with Gasteiger partial charge in [-0.1, -0.05) is 54.6 Å². The Balaban J connectivity index is 1.45. The Hall–Kier alpha value is -3.86. The van der Waals surface area contributed by atoms with E-state index in [0.717, 1.165) is 33.1 Å². The number of nitrogens with zero attached hydrogens (tertiary/aromatic N) is 1. The van der Waals surface area contributed by atoms with Crippen LogP contribution in [-0.4, -0.2) is 9.97 Å². The van der Waals surface area contributed by atoms with Crippen LogP contribution in [-0.2, 0) is 13.2 Å². The van der Waals surface area contributed by atoms with E-state index in [-0.39, 0.29) is 12.4 Å². The fourth-order valence-electron chi connectivity index (χ4n) is 3.47. The molecular weight excluding hydrogens is 379 g/mol. The smallest absolute Gasteiger partial charge is 0.146 e. The molecular formula is C25H19FN2O2. The zero-order valence-electron chi connectivity index (χ0n) is 16.1. The van der Waals surface area contributed by atoms with Crippen molar-refractivity contribution in [2.75, 3.05) is 0 Å². The van der Waals surface area contributed by atoms with E-state index in [1.807, 2.05) is 60.7 Å². The van der Waals surface area contributed by atoms with E-state index in [4.69, 9.17) is 14.5 Å². The van der Waals surface area contributed by atoms with Crippen LogP contribution in [0.25, 0.3) is 21.8 Å². The van der Waals surface area contributed by atoms with Crippen LogP contribution >= 0.6 is 0 Å². The largest absolute Gasteiger partial charge is 0.488 e. The van der Waals surface area contributed by atoms with Gasteiger partial charge in [-0.2, -0.15) is 0 Å². The Morgan fingerprint density at radius 3 is 2.30 bits per heavy atom. The van der Waals surface area contributed by atoms with Crippen LogP contribution in [0.15, 0.2) is 84.9 Å². The summed E-state index contributed by atoms with van der Waals surface area (Å²) in [5.74, 6) is 1.80. The van der Waals surface area contributed by atoms with Gasteiger partial charge < -0.3 is 14.5 Å². The summed E-state index contributed by atoms with van der Waals surface area (Å²) in [7, 11) is 0. The summed E-state index contributed by atoms with van der Waals surface area (Å²) in [5, 5.41) is 2.03. The fraction of sp³-hybridized carbons (Fsp3) is 0.0800. The van der Waals surface area contributed by atoms with Gasteiger partial charge in [0.25, 0.3) is 0 Å². The molecule has 0 aliphatic heterocycles. The minimum atomic E-state index is -0.291. The van der Waals surface area contributed by atoms with Crippen molar-refractivity contribution in [3.8, 4) is 11.5 Å². The molecule has 5 aromatic rings. The number of ether oxygens (including phenoxy) is 2. The molecule has 5 heteroatoms. The number of hydrogen-bond acceptors (Lipinski definition) is 3. The highest BCUT2D eigenvalue weighted by molar-refractivity contribution is 6.07. The van der Waals surface area contributed by atoms with Gasteiger partial charge in [0.15, 0.2) is 0 Å². The van der Waals surface area contributed by atoms with Crippen LogP contribution in [0, 0.1) is 5.82 Å².